The Morgan fingerprint density at radius 1 is 1.23 bits per heavy atom. The number of nitrogens with zero attached hydrogens (tertiary/aromatic N) is 3. The van der Waals surface area contributed by atoms with E-state index in [0.717, 1.165) is 24.0 Å². The van der Waals surface area contributed by atoms with Gasteiger partial charge in [-0.2, -0.15) is 0 Å². The van der Waals surface area contributed by atoms with Gasteiger partial charge >= 0.3 is 0 Å². The number of nitro benzene ring substituents is 1. The summed E-state index contributed by atoms with van der Waals surface area (Å²) in [7, 11) is 0. The van der Waals surface area contributed by atoms with E-state index in [1.165, 1.54) is 18.2 Å². The molecule has 0 aliphatic rings. The molecule has 0 saturated heterocycles. The molecule has 26 heavy (non-hydrogen) atoms. The highest BCUT2D eigenvalue weighted by molar-refractivity contribution is 6.02. The van der Waals surface area contributed by atoms with Crippen LogP contribution in [0.1, 0.15) is 18.9 Å². The zero-order valence-electron chi connectivity index (χ0n) is 14.3. The Balaban J connectivity index is 1.84. The molecule has 1 N–H and O–H groups in total. The number of amides is 1. The molecule has 7 nitrogen and oxygen atoms in total. The SMILES string of the molecule is CCCn1c(NC(=O)/C=C/c2ccccc2[N+](=O)[O-])nc2ccccc21. The zero-order chi connectivity index (χ0) is 18.5. The van der Waals surface area contributed by atoms with E-state index in [1.54, 1.807) is 18.2 Å². The molecule has 0 saturated carbocycles. The van der Waals surface area contributed by atoms with E-state index >= 15 is 0 Å². The number of nitrogens with one attached hydrogen (secondary N) is 1. The molecule has 0 fully saturated rings. The van der Waals surface area contributed by atoms with Crippen LogP contribution in [-0.4, -0.2) is 20.4 Å². The van der Waals surface area contributed by atoms with Gasteiger partial charge in [-0.15, -0.1) is 0 Å². The first-order valence-corrected chi connectivity index (χ1v) is 8.28. The van der Waals surface area contributed by atoms with Gasteiger partial charge in [0, 0.05) is 18.7 Å². The third kappa shape index (κ3) is 3.61. The lowest BCUT2D eigenvalue weighted by molar-refractivity contribution is -0.385. The lowest BCUT2D eigenvalue weighted by Crippen LogP contribution is -2.13. The zero-order valence-corrected chi connectivity index (χ0v) is 14.3. The van der Waals surface area contributed by atoms with Crippen LogP contribution in [0.5, 0.6) is 0 Å². The number of imidazole rings is 1. The minimum atomic E-state index is -0.474. The summed E-state index contributed by atoms with van der Waals surface area (Å²) in [4.78, 5) is 27.3. The highest BCUT2D eigenvalue weighted by atomic mass is 16.6. The fraction of sp³-hybridized carbons (Fsp3) is 0.158. The quantitative estimate of drug-likeness (QED) is 0.413. The van der Waals surface area contributed by atoms with Crippen molar-refractivity contribution in [2.24, 2.45) is 0 Å². The van der Waals surface area contributed by atoms with Crippen LogP contribution in [0.3, 0.4) is 0 Å². The summed E-state index contributed by atoms with van der Waals surface area (Å²) in [5.74, 6) is 0.0704. The first-order valence-electron chi connectivity index (χ1n) is 8.28. The van der Waals surface area contributed by atoms with Gasteiger partial charge < -0.3 is 4.57 Å². The third-order valence-corrected chi connectivity index (χ3v) is 3.88. The molecule has 0 unspecified atom stereocenters. The molecular formula is C19H18N4O3. The summed E-state index contributed by atoms with van der Waals surface area (Å²) in [5.41, 5.74) is 2.08. The van der Waals surface area contributed by atoms with Gasteiger partial charge in [-0.1, -0.05) is 31.2 Å². The highest BCUT2D eigenvalue weighted by Gasteiger charge is 2.12. The predicted octanol–water partition coefficient (Wildman–Crippen LogP) is 4.01. The van der Waals surface area contributed by atoms with Crippen LogP contribution in [-0.2, 0) is 11.3 Å². The standard InChI is InChI=1S/C19H18N4O3/c1-2-13-22-17-10-6-4-8-15(17)20-19(22)21-18(24)12-11-14-7-3-5-9-16(14)23(25)26/h3-12H,2,13H2,1H3,(H,20,21,24)/b12-11+. The summed E-state index contributed by atoms with van der Waals surface area (Å²) >= 11 is 0. The molecule has 0 aliphatic heterocycles. The fourth-order valence-electron chi connectivity index (χ4n) is 2.73. The van der Waals surface area contributed by atoms with E-state index in [4.69, 9.17) is 0 Å². The van der Waals surface area contributed by atoms with Crippen molar-refractivity contribution in [3.63, 3.8) is 0 Å². The van der Waals surface area contributed by atoms with Crippen LogP contribution in [0, 0.1) is 10.1 Å². The summed E-state index contributed by atoms with van der Waals surface area (Å²) in [6.07, 6.45) is 3.60. The van der Waals surface area contributed by atoms with Gasteiger partial charge in [-0.25, -0.2) is 4.98 Å². The normalized spacial score (nSPS) is 11.1. The van der Waals surface area contributed by atoms with E-state index < -0.39 is 10.8 Å². The number of benzene rings is 2. The number of fused-ring (bicyclic) bond motifs is 1. The molecule has 7 heteroatoms. The molecule has 1 aromatic heterocycles. The first kappa shape index (κ1) is 17.3. The number of hydrogen-bond acceptors (Lipinski definition) is 4. The van der Waals surface area contributed by atoms with Crippen LogP contribution in [0.4, 0.5) is 11.6 Å². The van der Waals surface area contributed by atoms with Crippen LogP contribution < -0.4 is 5.32 Å². The number of nitro groups is 1. The number of para-hydroxylation sites is 3. The van der Waals surface area contributed by atoms with E-state index in [0.29, 0.717) is 11.5 Å². The number of hydrogen-bond donors (Lipinski definition) is 1. The minimum Gasteiger partial charge on any atom is -0.310 e. The van der Waals surface area contributed by atoms with Crippen molar-refractivity contribution in [1.29, 1.82) is 0 Å². The van der Waals surface area contributed by atoms with Crippen molar-refractivity contribution in [3.05, 3.63) is 70.3 Å². The number of carbonyl (C=O) groups is 1. The second kappa shape index (κ2) is 7.60. The fourth-order valence-corrected chi connectivity index (χ4v) is 2.73. The molecule has 0 bridgehead atoms. The smallest absolute Gasteiger partial charge is 0.276 e. The molecule has 2 aromatic carbocycles. The minimum absolute atomic E-state index is 0.0465. The van der Waals surface area contributed by atoms with Crippen LogP contribution in [0.15, 0.2) is 54.6 Å². The van der Waals surface area contributed by atoms with Gasteiger partial charge in [0.15, 0.2) is 0 Å². The van der Waals surface area contributed by atoms with Gasteiger partial charge in [-0.3, -0.25) is 20.2 Å². The van der Waals surface area contributed by atoms with Crippen LogP contribution >= 0.6 is 0 Å². The topological polar surface area (TPSA) is 90.1 Å². The van der Waals surface area contributed by atoms with Gasteiger partial charge in [0.05, 0.1) is 21.5 Å². The highest BCUT2D eigenvalue weighted by Crippen LogP contribution is 2.21. The lowest BCUT2D eigenvalue weighted by Gasteiger charge is -2.07. The van der Waals surface area contributed by atoms with Crippen molar-refractivity contribution in [2.75, 3.05) is 5.32 Å². The number of carbonyl (C=O) groups excluding carboxylic acids is 1. The molecule has 0 atom stereocenters. The second-order valence-corrected chi connectivity index (χ2v) is 5.71. The molecule has 3 aromatic rings. The van der Waals surface area contributed by atoms with E-state index in [9.17, 15) is 14.9 Å². The molecule has 3 rings (SSSR count). The Labute approximate surface area is 150 Å². The third-order valence-electron chi connectivity index (χ3n) is 3.88. The molecule has 0 aliphatic carbocycles. The van der Waals surface area contributed by atoms with Crippen molar-refractivity contribution in [1.82, 2.24) is 9.55 Å². The van der Waals surface area contributed by atoms with E-state index in [1.807, 2.05) is 28.8 Å². The van der Waals surface area contributed by atoms with Crippen LogP contribution in [0.2, 0.25) is 0 Å². The van der Waals surface area contributed by atoms with Crippen molar-refractivity contribution < 1.29 is 9.72 Å². The van der Waals surface area contributed by atoms with Gasteiger partial charge in [-0.05, 0) is 30.7 Å². The largest absolute Gasteiger partial charge is 0.310 e. The summed E-state index contributed by atoms with van der Waals surface area (Å²) in [5, 5.41) is 13.8. The number of aromatic nitrogens is 2. The Morgan fingerprint density at radius 2 is 1.96 bits per heavy atom. The number of rotatable bonds is 6. The van der Waals surface area contributed by atoms with Crippen LogP contribution in [0.25, 0.3) is 17.1 Å². The van der Waals surface area contributed by atoms with Crippen molar-refractivity contribution in [3.8, 4) is 0 Å². The number of anilines is 1. The Kier molecular flexibility index (Phi) is 5.07. The average Bonchev–Trinajstić information content (AvgIpc) is 2.98. The molecule has 0 spiro atoms. The van der Waals surface area contributed by atoms with Gasteiger partial charge in [0.1, 0.15) is 0 Å². The maximum absolute atomic E-state index is 12.3. The van der Waals surface area contributed by atoms with E-state index in [-0.39, 0.29) is 5.69 Å². The summed E-state index contributed by atoms with van der Waals surface area (Å²) < 4.78 is 1.95. The summed E-state index contributed by atoms with van der Waals surface area (Å²) in [6.45, 7) is 2.78. The van der Waals surface area contributed by atoms with Gasteiger partial charge in [0.25, 0.3) is 11.6 Å². The molecule has 132 valence electrons. The maximum atomic E-state index is 12.3. The molecule has 0 radical (unpaired) electrons. The summed E-state index contributed by atoms with van der Waals surface area (Å²) in [6, 6.07) is 13.9. The van der Waals surface area contributed by atoms with Crippen molar-refractivity contribution in [2.45, 2.75) is 19.9 Å². The molecular weight excluding hydrogens is 332 g/mol. The number of aryl methyl sites for hydroxylation is 1. The predicted molar refractivity (Wildman–Crippen MR) is 101 cm³/mol. The maximum Gasteiger partial charge on any atom is 0.276 e. The van der Waals surface area contributed by atoms with Crippen molar-refractivity contribution >= 4 is 34.7 Å². The first-order chi connectivity index (χ1) is 12.6. The lowest BCUT2D eigenvalue weighted by atomic mass is 10.1. The Hall–Kier alpha value is -3.48. The Morgan fingerprint density at radius 3 is 2.73 bits per heavy atom. The average molecular weight is 350 g/mol. The second-order valence-electron chi connectivity index (χ2n) is 5.71. The van der Waals surface area contributed by atoms with E-state index in [2.05, 4.69) is 17.2 Å². The van der Waals surface area contributed by atoms with Gasteiger partial charge in [0.2, 0.25) is 5.95 Å². The monoisotopic (exact) mass is 350 g/mol. The molecule has 1 amide bonds. The molecule has 1 heterocycles. The Bertz CT molecular complexity index is 991.